The number of ketones is 2. The van der Waals surface area contributed by atoms with E-state index in [-0.39, 0.29) is 11.6 Å². The minimum Gasteiger partial charge on any atom is -0.468 e. The second-order valence-corrected chi connectivity index (χ2v) is 3.84. The molecule has 0 amide bonds. The molecule has 0 saturated carbocycles. The van der Waals surface area contributed by atoms with Crippen LogP contribution in [0.15, 0.2) is 0 Å². The van der Waals surface area contributed by atoms with Gasteiger partial charge in [0.15, 0.2) is 0 Å². The lowest BCUT2D eigenvalue weighted by Crippen LogP contribution is -2.41. The van der Waals surface area contributed by atoms with Gasteiger partial charge in [-0.3, -0.25) is 14.4 Å². The molecule has 0 aromatic heterocycles. The van der Waals surface area contributed by atoms with Crippen LogP contribution in [0.2, 0.25) is 0 Å². The summed E-state index contributed by atoms with van der Waals surface area (Å²) in [5, 5.41) is 0. The smallest absolute Gasteiger partial charge is 0.317 e. The van der Waals surface area contributed by atoms with Crippen molar-refractivity contribution in [1.82, 2.24) is 0 Å². The third kappa shape index (κ3) is 2.40. The summed E-state index contributed by atoms with van der Waals surface area (Å²) in [6.07, 6.45) is 0. The van der Waals surface area contributed by atoms with Gasteiger partial charge in [0.2, 0.25) is 0 Å². The van der Waals surface area contributed by atoms with Crippen LogP contribution in [-0.4, -0.2) is 24.6 Å². The zero-order valence-corrected chi connectivity index (χ0v) is 9.21. The van der Waals surface area contributed by atoms with Crippen molar-refractivity contribution in [2.45, 2.75) is 27.7 Å². The maximum absolute atomic E-state index is 11.3. The highest BCUT2D eigenvalue weighted by atomic mass is 16.5. The average Bonchev–Trinajstić information content (AvgIpc) is 2.02. The summed E-state index contributed by atoms with van der Waals surface area (Å²) in [7, 11) is 1.20. The third-order valence-electron chi connectivity index (χ3n) is 2.47. The Balaban J connectivity index is 5.11. The van der Waals surface area contributed by atoms with Gasteiger partial charge in [-0.25, -0.2) is 0 Å². The van der Waals surface area contributed by atoms with Gasteiger partial charge in [0, 0.05) is 5.41 Å². The second kappa shape index (κ2) is 4.35. The van der Waals surface area contributed by atoms with Crippen LogP contribution in [0.1, 0.15) is 27.7 Å². The molecule has 0 spiro atoms. The average molecular weight is 200 g/mol. The van der Waals surface area contributed by atoms with Gasteiger partial charge in [0.05, 0.1) is 7.11 Å². The first-order valence-electron chi connectivity index (χ1n) is 4.34. The minimum absolute atomic E-state index is 0.205. The lowest BCUT2D eigenvalue weighted by molar-refractivity contribution is -0.157. The third-order valence-corrected chi connectivity index (χ3v) is 2.47. The molecule has 0 aliphatic rings. The standard InChI is InChI=1S/C10H16O4/c1-6(11)8(9(13)14-5)10(3,4)7(2)12/h8H,1-5H3. The molecule has 0 aromatic rings. The molecular weight excluding hydrogens is 184 g/mol. The molecule has 0 rings (SSSR count). The van der Waals surface area contributed by atoms with Crippen molar-refractivity contribution in [2.24, 2.45) is 11.3 Å². The SMILES string of the molecule is COC(=O)C(C(C)=O)C(C)(C)C(C)=O. The summed E-state index contributed by atoms with van der Waals surface area (Å²) in [6.45, 7) is 5.78. The molecule has 0 heterocycles. The van der Waals surface area contributed by atoms with E-state index in [4.69, 9.17) is 0 Å². The first-order chi connectivity index (χ1) is 6.25. The van der Waals surface area contributed by atoms with Crippen LogP contribution in [0.4, 0.5) is 0 Å². The highest BCUT2D eigenvalue weighted by Crippen LogP contribution is 2.29. The summed E-state index contributed by atoms with van der Waals surface area (Å²) in [6, 6.07) is 0. The van der Waals surface area contributed by atoms with Gasteiger partial charge in [0.1, 0.15) is 17.5 Å². The summed E-state index contributed by atoms with van der Waals surface area (Å²) in [4.78, 5) is 33.8. The van der Waals surface area contributed by atoms with E-state index in [1.807, 2.05) is 0 Å². The van der Waals surface area contributed by atoms with Crippen molar-refractivity contribution < 1.29 is 19.1 Å². The molecule has 0 bridgehead atoms. The lowest BCUT2D eigenvalue weighted by atomic mass is 9.74. The number of carbonyl (C=O) groups is 3. The number of rotatable bonds is 4. The van der Waals surface area contributed by atoms with Crippen LogP contribution >= 0.6 is 0 Å². The molecule has 0 fully saturated rings. The second-order valence-electron chi connectivity index (χ2n) is 3.84. The van der Waals surface area contributed by atoms with Crippen LogP contribution in [0.3, 0.4) is 0 Å². The number of carbonyl (C=O) groups excluding carboxylic acids is 3. The molecule has 1 atom stereocenters. The molecule has 0 aliphatic heterocycles. The quantitative estimate of drug-likeness (QED) is 0.501. The van der Waals surface area contributed by atoms with Crippen molar-refractivity contribution >= 4 is 17.5 Å². The van der Waals surface area contributed by atoms with Crippen molar-refractivity contribution in [3.8, 4) is 0 Å². The zero-order chi connectivity index (χ0) is 11.5. The number of ether oxygens (including phenoxy) is 1. The summed E-state index contributed by atoms with van der Waals surface area (Å²) in [5.41, 5.74) is -1.00. The predicted molar refractivity (Wildman–Crippen MR) is 50.6 cm³/mol. The Labute approximate surface area is 83.6 Å². The highest BCUT2D eigenvalue weighted by molar-refractivity contribution is 6.03. The maximum Gasteiger partial charge on any atom is 0.317 e. The van der Waals surface area contributed by atoms with E-state index in [0.29, 0.717) is 0 Å². The van der Waals surface area contributed by atoms with E-state index in [2.05, 4.69) is 4.74 Å². The molecule has 80 valence electrons. The largest absolute Gasteiger partial charge is 0.468 e. The fourth-order valence-corrected chi connectivity index (χ4v) is 1.29. The summed E-state index contributed by atoms with van der Waals surface area (Å²) < 4.78 is 4.50. The Morgan fingerprint density at radius 2 is 1.57 bits per heavy atom. The van der Waals surface area contributed by atoms with E-state index in [1.165, 1.54) is 21.0 Å². The van der Waals surface area contributed by atoms with E-state index < -0.39 is 17.3 Å². The number of hydrogen-bond donors (Lipinski definition) is 0. The highest BCUT2D eigenvalue weighted by Gasteiger charge is 2.42. The summed E-state index contributed by atoms with van der Waals surface area (Å²) >= 11 is 0. The van der Waals surface area contributed by atoms with Crippen LogP contribution in [0, 0.1) is 11.3 Å². The maximum atomic E-state index is 11.3. The molecule has 0 radical (unpaired) electrons. The number of methoxy groups -OCH3 is 1. The van der Waals surface area contributed by atoms with Crippen molar-refractivity contribution in [3.63, 3.8) is 0 Å². The molecule has 4 nitrogen and oxygen atoms in total. The van der Waals surface area contributed by atoms with Crippen molar-refractivity contribution in [2.75, 3.05) is 7.11 Å². The van der Waals surface area contributed by atoms with Crippen LogP contribution in [0.25, 0.3) is 0 Å². The van der Waals surface area contributed by atoms with Gasteiger partial charge in [-0.1, -0.05) is 13.8 Å². The Kier molecular flexibility index (Phi) is 3.98. The molecular formula is C10H16O4. The molecule has 1 unspecified atom stereocenters. The Morgan fingerprint density at radius 1 is 1.14 bits per heavy atom. The number of esters is 1. The molecule has 0 saturated heterocycles. The Hall–Kier alpha value is -1.19. The number of hydrogen-bond acceptors (Lipinski definition) is 4. The monoisotopic (exact) mass is 200 g/mol. The molecule has 0 N–H and O–H groups in total. The number of Topliss-reactive ketones (excluding diaryl/α,β-unsaturated/α-hetero) is 2. The van der Waals surface area contributed by atoms with Crippen molar-refractivity contribution in [3.05, 3.63) is 0 Å². The van der Waals surface area contributed by atoms with E-state index in [0.717, 1.165) is 0 Å². The van der Waals surface area contributed by atoms with Gasteiger partial charge in [-0.15, -0.1) is 0 Å². The van der Waals surface area contributed by atoms with Crippen LogP contribution < -0.4 is 0 Å². The first-order valence-corrected chi connectivity index (χ1v) is 4.34. The van der Waals surface area contributed by atoms with Gasteiger partial charge in [-0.2, -0.15) is 0 Å². The van der Waals surface area contributed by atoms with E-state index in [9.17, 15) is 14.4 Å². The Morgan fingerprint density at radius 3 is 1.79 bits per heavy atom. The minimum atomic E-state index is -1.01. The first kappa shape index (κ1) is 12.8. The zero-order valence-electron chi connectivity index (χ0n) is 9.21. The van der Waals surface area contributed by atoms with Gasteiger partial charge >= 0.3 is 5.97 Å². The normalized spacial score (nSPS) is 13.2. The van der Waals surface area contributed by atoms with Crippen LogP contribution in [0.5, 0.6) is 0 Å². The van der Waals surface area contributed by atoms with Gasteiger partial charge < -0.3 is 4.74 Å². The van der Waals surface area contributed by atoms with Gasteiger partial charge in [-0.05, 0) is 13.8 Å². The molecule has 0 aliphatic carbocycles. The van der Waals surface area contributed by atoms with Crippen LogP contribution in [-0.2, 0) is 19.1 Å². The van der Waals surface area contributed by atoms with Crippen molar-refractivity contribution in [1.29, 1.82) is 0 Å². The molecule has 4 heteroatoms. The fourth-order valence-electron chi connectivity index (χ4n) is 1.29. The molecule has 14 heavy (non-hydrogen) atoms. The topological polar surface area (TPSA) is 60.4 Å². The van der Waals surface area contributed by atoms with Gasteiger partial charge in [0.25, 0.3) is 0 Å². The lowest BCUT2D eigenvalue weighted by Gasteiger charge is -2.27. The van der Waals surface area contributed by atoms with E-state index in [1.54, 1.807) is 13.8 Å². The molecule has 0 aromatic carbocycles. The fraction of sp³-hybridized carbons (Fsp3) is 0.700. The van der Waals surface area contributed by atoms with E-state index >= 15 is 0 Å². The predicted octanol–water partition coefficient (Wildman–Crippen LogP) is 0.980. The Bertz CT molecular complexity index is 265. The summed E-state index contributed by atoms with van der Waals surface area (Å²) in [5.74, 6) is -2.22.